The first-order valence-electron chi connectivity index (χ1n) is 7.96. The van der Waals surface area contributed by atoms with Crippen LogP contribution in [-0.4, -0.2) is 60.9 Å². The van der Waals surface area contributed by atoms with E-state index in [4.69, 9.17) is 0 Å². The lowest BCUT2D eigenvalue weighted by molar-refractivity contribution is -0.143. The molecule has 2 saturated heterocycles. The molecule has 3 rings (SSSR count). The summed E-state index contributed by atoms with van der Waals surface area (Å²) in [7, 11) is 0. The van der Waals surface area contributed by atoms with Crippen LogP contribution in [0.15, 0.2) is 24.3 Å². The highest BCUT2D eigenvalue weighted by Crippen LogP contribution is 2.12. The van der Waals surface area contributed by atoms with Gasteiger partial charge < -0.3 is 15.1 Å². The van der Waals surface area contributed by atoms with Gasteiger partial charge in [-0.25, -0.2) is 0 Å². The van der Waals surface area contributed by atoms with Crippen molar-refractivity contribution >= 4 is 24.2 Å². The van der Waals surface area contributed by atoms with Crippen molar-refractivity contribution in [3.8, 4) is 0 Å². The fraction of sp³-hybridized carbons (Fsp3) is 0.529. The number of carbonyl (C=O) groups is 2. The Morgan fingerprint density at radius 3 is 2.13 bits per heavy atom. The lowest BCUT2D eigenvalue weighted by atomic mass is 10.0. The van der Waals surface area contributed by atoms with Crippen LogP contribution in [0.2, 0.25) is 0 Å². The van der Waals surface area contributed by atoms with E-state index in [1.165, 1.54) is 5.56 Å². The highest BCUT2D eigenvalue weighted by Gasteiger charge is 2.31. The van der Waals surface area contributed by atoms with Crippen LogP contribution < -0.4 is 5.32 Å². The van der Waals surface area contributed by atoms with E-state index in [2.05, 4.69) is 5.32 Å². The first-order valence-corrected chi connectivity index (χ1v) is 7.96. The molecule has 23 heavy (non-hydrogen) atoms. The fourth-order valence-corrected chi connectivity index (χ4v) is 2.89. The molecule has 0 unspecified atom stereocenters. The van der Waals surface area contributed by atoms with Gasteiger partial charge in [-0.1, -0.05) is 29.8 Å². The first kappa shape index (κ1) is 17.8. The number of nitrogens with one attached hydrogen (secondary N) is 1. The Morgan fingerprint density at radius 1 is 1.04 bits per heavy atom. The Morgan fingerprint density at radius 2 is 1.61 bits per heavy atom. The summed E-state index contributed by atoms with van der Waals surface area (Å²) in [5.74, 6) is 0.542. The Bertz CT molecular complexity index is 549. The van der Waals surface area contributed by atoms with Crippen molar-refractivity contribution in [1.82, 2.24) is 15.1 Å². The van der Waals surface area contributed by atoms with Gasteiger partial charge in [-0.3, -0.25) is 9.59 Å². The third-order valence-corrected chi connectivity index (χ3v) is 4.55. The molecule has 5 nitrogen and oxygen atoms in total. The van der Waals surface area contributed by atoms with Crippen LogP contribution in [0.5, 0.6) is 0 Å². The predicted molar refractivity (Wildman–Crippen MR) is 91.7 cm³/mol. The number of halogens is 1. The van der Waals surface area contributed by atoms with Crippen molar-refractivity contribution in [2.45, 2.75) is 13.3 Å². The highest BCUT2D eigenvalue weighted by atomic mass is 35.5. The third-order valence-electron chi connectivity index (χ3n) is 4.55. The van der Waals surface area contributed by atoms with Crippen LogP contribution in [0.1, 0.15) is 11.1 Å². The van der Waals surface area contributed by atoms with Crippen LogP contribution in [0.3, 0.4) is 0 Å². The number of amides is 2. The van der Waals surface area contributed by atoms with Gasteiger partial charge in [0.2, 0.25) is 11.8 Å². The number of aryl methyl sites for hydroxylation is 1. The topological polar surface area (TPSA) is 52.7 Å². The molecule has 1 aromatic carbocycles. The van der Waals surface area contributed by atoms with Gasteiger partial charge in [-0.2, -0.15) is 0 Å². The van der Waals surface area contributed by atoms with Crippen LogP contribution in [0.25, 0.3) is 0 Å². The quantitative estimate of drug-likeness (QED) is 0.889. The molecule has 0 radical (unpaired) electrons. The zero-order valence-electron chi connectivity index (χ0n) is 13.5. The van der Waals surface area contributed by atoms with E-state index >= 15 is 0 Å². The number of nitrogens with zero attached hydrogens (tertiary/aromatic N) is 2. The summed E-state index contributed by atoms with van der Waals surface area (Å²) in [6.07, 6.45) is 0.445. The Hall–Kier alpha value is -1.59. The molecular weight excluding hydrogens is 314 g/mol. The third kappa shape index (κ3) is 4.24. The number of hydrogen-bond acceptors (Lipinski definition) is 3. The lowest BCUT2D eigenvalue weighted by Gasteiger charge is -2.38. The lowest BCUT2D eigenvalue weighted by Crippen LogP contribution is -2.57. The van der Waals surface area contributed by atoms with Crippen molar-refractivity contribution in [2.24, 2.45) is 5.92 Å². The number of rotatable bonds is 3. The summed E-state index contributed by atoms with van der Waals surface area (Å²) in [5.41, 5.74) is 2.25. The molecule has 126 valence electrons. The average Bonchev–Trinajstić information content (AvgIpc) is 2.48. The van der Waals surface area contributed by atoms with Gasteiger partial charge in [0.05, 0.1) is 12.3 Å². The smallest absolute Gasteiger partial charge is 0.228 e. The Labute approximate surface area is 143 Å². The summed E-state index contributed by atoms with van der Waals surface area (Å²) in [4.78, 5) is 28.3. The van der Waals surface area contributed by atoms with Crippen LogP contribution in [-0.2, 0) is 16.0 Å². The van der Waals surface area contributed by atoms with E-state index in [-0.39, 0.29) is 30.1 Å². The molecule has 0 saturated carbocycles. The molecule has 0 aromatic heterocycles. The molecule has 6 heteroatoms. The van der Waals surface area contributed by atoms with Crippen LogP contribution in [0, 0.1) is 12.8 Å². The van der Waals surface area contributed by atoms with E-state index in [1.54, 1.807) is 0 Å². The second kappa shape index (κ2) is 7.79. The summed E-state index contributed by atoms with van der Waals surface area (Å²) in [5, 5.41) is 3.13. The summed E-state index contributed by atoms with van der Waals surface area (Å²) >= 11 is 0. The normalized spacial score (nSPS) is 18.1. The molecule has 0 spiro atoms. The molecule has 0 bridgehead atoms. The number of piperazine rings is 1. The van der Waals surface area contributed by atoms with E-state index < -0.39 is 0 Å². The van der Waals surface area contributed by atoms with Crippen LogP contribution in [0.4, 0.5) is 0 Å². The van der Waals surface area contributed by atoms with Gasteiger partial charge >= 0.3 is 0 Å². The van der Waals surface area contributed by atoms with E-state index in [0.29, 0.717) is 32.6 Å². The minimum atomic E-state index is 0. The van der Waals surface area contributed by atoms with Crippen molar-refractivity contribution in [3.63, 3.8) is 0 Å². The average molecular weight is 338 g/mol. The largest absolute Gasteiger partial charge is 0.339 e. The molecule has 0 atom stereocenters. The van der Waals surface area contributed by atoms with Gasteiger partial charge in [-0.05, 0) is 12.5 Å². The monoisotopic (exact) mass is 337 g/mol. The predicted octanol–water partition coefficient (Wildman–Crippen LogP) is 0.850. The van der Waals surface area contributed by atoms with Gasteiger partial charge in [0.25, 0.3) is 0 Å². The first-order chi connectivity index (χ1) is 10.6. The van der Waals surface area contributed by atoms with Crippen LogP contribution >= 0.6 is 12.4 Å². The summed E-state index contributed by atoms with van der Waals surface area (Å²) in [6, 6.07) is 8.09. The molecule has 2 aliphatic rings. The van der Waals surface area contributed by atoms with Gasteiger partial charge in [0.15, 0.2) is 0 Å². The molecule has 2 fully saturated rings. The zero-order valence-corrected chi connectivity index (χ0v) is 14.3. The Kier molecular flexibility index (Phi) is 6.02. The van der Waals surface area contributed by atoms with Gasteiger partial charge in [0.1, 0.15) is 0 Å². The van der Waals surface area contributed by atoms with E-state index in [9.17, 15) is 9.59 Å². The summed E-state index contributed by atoms with van der Waals surface area (Å²) < 4.78 is 0. The number of benzene rings is 1. The van der Waals surface area contributed by atoms with E-state index in [0.717, 1.165) is 18.7 Å². The van der Waals surface area contributed by atoms with Gasteiger partial charge in [0, 0.05) is 39.3 Å². The number of carbonyl (C=O) groups excluding carboxylic acids is 2. The van der Waals surface area contributed by atoms with Crippen molar-refractivity contribution in [3.05, 3.63) is 35.4 Å². The number of hydrogen-bond donors (Lipinski definition) is 1. The maximum absolute atomic E-state index is 12.3. The molecule has 1 N–H and O–H groups in total. The minimum Gasteiger partial charge on any atom is -0.339 e. The highest BCUT2D eigenvalue weighted by molar-refractivity contribution is 5.85. The minimum absolute atomic E-state index is 0. The molecule has 2 heterocycles. The standard InChI is InChI=1S/C17H23N3O2.ClH/c1-13-2-4-14(5-3-13)10-16(21)19-6-8-20(9-7-19)17(22)15-11-18-12-15;/h2-5,15,18H,6-12H2,1H3;1H. The molecule has 2 aliphatic heterocycles. The summed E-state index contributed by atoms with van der Waals surface area (Å²) in [6.45, 7) is 6.26. The molecule has 2 amide bonds. The van der Waals surface area contributed by atoms with Crippen molar-refractivity contribution < 1.29 is 9.59 Å². The second-order valence-electron chi connectivity index (χ2n) is 6.22. The zero-order chi connectivity index (χ0) is 15.5. The molecular formula is C17H24ClN3O2. The molecule has 0 aliphatic carbocycles. The van der Waals surface area contributed by atoms with E-state index in [1.807, 2.05) is 41.0 Å². The maximum Gasteiger partial charge on any atom is 0.228 e. The second-order valence-corrected chi connectivity index (χ2v) is 6.22. The SMILES string of the molecule is Cc1ccc(CC(=O)N2CCN(C(=O)C3CNC3)CC2)cc1.Cl. The van der Waals surface area contributed by atoms with Gasteiger partial charge in [-0.15, -0.1) is 12.4 Å². The molecule has 1 aromatic rings. The van der Waals surface area contributed by atoms with Crippen molar-refractivity contribution in [1.29, 1.82) is 0 Å². The fourth-order valence-electron chi connectivity index (χ4n) is 2.89. The maximum atomic E-state index is 12.3. The van der Waals surface area contributed by atoms with Crippen molar-refractivity contribution in [2.75, 3.05) is 39.3 Å². The Balaban J connectivity index is 0.00000192.